The quantitative estimate of drug-likeness (QED) is 0.754. The van der Waals surface area contributed by atoms with Crippen molar-refractivity contribution in [3.63, 3.8) is 0 Å². The lowest BCUT2D eigenvalue weighted by Crippen LogP contribution is -2.20. The van der Waals surface area contributed by atoms with E-state index >= 15 is 0 Å². The minimum Gasteiger partial charge on any atom is -0.422 e. The van der Waals surface area contributed by atoms with Gasteiger partial charge in [-0.05, 0) is 24.3 Å². The molecule has 0 saturated heterocycles. The van der Waals surface area contributed by atoms with Gasteiger partial charge in [0, 0.05) is 11.1 Å². The molecule has 3 aromatic rings. The highest BCUT2D eigenvalue weighted by molar-refractivity contribution is 7.92. The standard InChI is InChI=1S/C15H11NO4S/c17-15-14(10-11-6-4-5-9-13(11)20-15)21(18,19)16-12-7-2-1-3-8-12/h1-10,16H. The maximum absolute atomic E-state index is 12.3. The summed E-state index contributed by atoms with van der Waals surface area (Å²) in [5, 5.41) is 0.547. The van der Waals surface area contributed by atoms with Gasteiger partial charge in [0.15, 0.2) is 4.90 Å². The maximum Gasteiger partial charge on any atom is 0.357 e. The summed E-state index contributed by atoms with van der Waals surface area (Å²) in [4.78, 5) is 11.5. The number of sulfonamides is 1. The Morgan fingerprint density at radius 2 is 1.57 bits per heavy atom. The first-order chi connectivity index (χ1) is 10.1. The average Bonchev–Trinajstić information content (AvgIpc) is 2.47. The molecular formula is C15H11NO4S. The Kier molecular flexibility index (Phi) is 3.23. The van der Waals surface area contributed by atoms with Gasteiger partial charge < -0.3 is 4.42 Å². The predicted molar refractivity (Wildman–Crippen MR) is 79.7 cm³/mol. The molecule has 3 rings (SSSR count). The molecule has 0 saturated carbocycles. The van der Waals surface area contributed by atoms with Gasteiger partial charge in [0.2, 0.25) is 0 Å². The molecule has 1 aromatic heterocycles. The fourth-order valence-electron chi connectivity index (χ4n) is 1.95. The van der Waals surface area contributed by atoms with Crippen molar-refractivity contribution in [2.75, 3.05) is 4.72 Å². The van der Waals surface area contributed by atoms with E-state index in [0.29, 0.717) is 16.7 Å². The van der Waals surface area contributed by atoms with Crippen molar-refractivity contribution >= 4 is 26.7 Å². The van der Waals surface area contributed by atoms with Crippen LogP contribution < -0.4 is 10.3 Å². The first kappa shape index (κ1) is 13.4. The van der Waals surface area contributed by atoms with Crippen LogP contribution in [-0.2, 0) is 10.0 Å². The zero-order valence-corrected chi connectivity index (χ0v) is 11.6. The number of fused-ring (bicyclic) bond motifs is 1. The Labute approximate surface area is 120 Å². The van der Waals surface area contributed by atoms with Gasteiger partial charge in [-0.15, -0.1) is 0 Å². The van der Waals surface area contributed by atoms with E-state index in [2.05, 4.69) is 4.72 Å². The van der Waals surface area contributed by atoms with E-state index in [1.54, 1.807) is 54.6 Å². The summed E-state index contributed by atoms with van der Waals surface area (Å²) < 4.78 is 32.0. The van der Waals surface area contributed by atoms with Gasteiger partial charge in [-0.2, -0.15) is 0 Å². The molecule has 0 atom stereocenters. The van der Waals surface area contributed by atoms with Crippen LogP contribution in [0.1, 0.15) is 0 Å². The Balaban J connectivity index is 2.10. The first-order valence-electron chi connectivity index (χ1n) is 6.17. The molecule has 0 bridgehead atoms. The third-order valence-electron chi connectivity index (χ3n) is 2.92. The molecule has 0 aliphatic rings. The number of hydrogen-bond donors (Lipinski definition) is 1. The monoisotopic (exact) mass is 301 g/mol. The Morgan fingerprint density at radius 1 is 0.905 bits per heavy atom. The van der Waals surface area contributed by atoms with Crippen LogP contribution in [0.15, 0.2) is 74.8 Å². The lowest BCUT2D eigenvalue weighted by molar-refractivity contribution is 0.534. The fraction of sp³-hybridized carbons (Fsp3) is 0. The number of para-hydroxylation sites is 2. The minimum absolute atomic E-state index is 0.348. The molecule has 0 amide bonds. The summed E-state index contributed by atoms with van der Waals surface area (Å²) in [5.74, 6) is 0. The van der Waals surface area contributed by atoms with Crippen LogP contribution in [0.2, 0.25) is 0 Å². The number of benzene rings is 2. The van der Waals surface area contributed by atoms with Crippen LogP contribution in [0.3, 0.4) is 0 Å². The summed E-state index contributed by atoms with van der Waals surface area (Å²) in [6, 6.07) is 16.4. The Morgan fingerprint density at radius 3 is 2.33 bits per heavy atom. The molecule has 0 aliphatic carbocycles. The van der Waals surface area contributed by atoms with E-state index in [1.165, 1.54) is 6.07 Å². The van der Waals surface area contributed by atoms with Gasteiger partial charge in [0.05, 0.1) is 0 Å². The van der Waals surface area contributed by atoms with Gasteiger partial charge in [-0.3, -0.25) is 4.72 Å². The predicted octanol–water partition coefficient (Wildman–Crippen LogP) is 2.59. The number of hydrogen-bond acceptors (Lipinski definition) is 4. The van der Waals surface area contributed by atoms with Crippen molar-refractivity contribution in [2.45, 2.75) is 4.90 Å². The summed E-state index contributed by atoms with van der Waals surface area (Å²) in [5.41, 5.74) is -0.164. The smallest absolute Gasteiger partial charge is 0.357 e. The highest BCUT2D eigenvalue weighted by Crippen LogP contribution is 2.18. The topological polar surface area (TPSA) is 76.4 Å². The van der Waals surface area contributed by atoms with Crippen LogP contribution in [0.4, 0.5) is 5.69 Å². The zero-order valence-electron chi connectivity index (χ0n) is 10.8. The van der Waals surface area contributed by atoms with Gasteiger partial charge in [0.1, 0.15) is 5.58 Å². The molecule has 0 fully saturated rings. The SMILES string of the molecule is O=c1oc2ccccc2cc1S(=O)(=O)Nc1ccccc1. The van der Waals surface area contributed by atoms with Gasteiger partial charge >= 0.3 is 5.63 Å². The minimum atomic E-state index is -3.99. The van der Waals surface area contributed by atoms with E-state index in [4.69, 9.17) is 4.42 Å². The molecule has 5 nitrogen and oxygen atoms in total. The maximum atomic E-state index is 12.3. The van der Waals surface area contributed by atoms with E-state index in [1.807, 2.05) is 0 Å². The summed E-state index contributed by atoms with van der Waals surface area (Å²) in [6.45, 7) is 0. The molecule has 1 heterocycles. The summed E-state index contributed by atoms with van der Waals surface area (Å²) >= 11 is 0. The number of anilines is 1. The number of nitrogens with one attached hydrogen (secondary N) is 1. The van der Waals surface area contributed by atoms with Gasteiger partial charge in [-0.1, -0.05) is 36.4 Å². The zero-order chi connectivity index (χ0) is 14.9. The molecule has 21 heavy (non-hydrogen) atoms. The summed E-state index contributed by atoms with van der Waals surface area (Å²) in [7, 11) is -3.99. The van der Waals surface area contributed by atoms with Gasteiger partial charge in [-0.25, -0.2) is 13.2 Å². The average molecular weight is 301 g/mol. The van der Waals surface area contributed by atoms with Crippen LogP contribution in [0, 0.1) is 0 Å². The highest BCUT2D eigenvalue weighted by atomic mass is 32.2. The second kappa shape index (κ2) is 5.06. The van der Waals surface area contributed by atoms with Crippen molar-refractivity contribution in [3.8, 4) is 0 Å². The summed E-state index contributed by atoms with van der Waals surface area (Å²) in [6.07, 6.45) is 0. The van der Waals surface area contributed by atoms with E-state index in [9.17, 15) is 13.2 Å². The Hall–Kier alpha value is -2.60. The van der Waals surface area contributed by atoms with E-state index in [0.717, 1.165) is 0 Å². The van der Waals surface area contributed by atoms with Crippen molar-refractivity contribution < 1.29 is 12.8 Å². The van der Waals surface area contributed by atoms with Crippen molar-refractivity contribution in [1.82, 2.24) is 0 Å². The third-order valence-corrected chi connectivity index (χ3v) is 4.29. The molecule has 0 unspecified atom stereocenters. The molecule has 1 N–H and O–H groups in total. The first-order valence-corrected chi connectivity index (χ1v) is 7.65. The normalized spacial score (nSPS) is 11.4. The molecule has 6 heteroatoms. The van der Waals surface area contributed by atoms with E-state index < -0.39 is 20.5 Å². The van der Waals surface area contributed by atoms with Crippen LogP contribution in [0.5, 0.6) is 0 Å². The lowest BCUT2D eigenvalue weighted by Gasteiger charge is -2.07. The molecule has 0 spiro atoms. The second-order valence-corrected chi connectivity index (χ2v) is 6.06. The van der Waals surface area contributed by atoms with Crippen molar-refractivity contribution in [1.29, 1.82) is 0 Å². The molecule has 106 valence electrons. The number of rotatable bonds is 3. The largest absolute Gasteiger partial charge is 0.422 e. The third kappa shape index (κ3) is 2.66. The highest BCUT2D eigenvalue weighted by Gasteiger charge is 2.20. The van der Waals surface area contributed by atoms with Crippen LogP contribution >= 0.6 is 0 Å². The van der Waals surface area contributed by atoms with Crippen molar-refractivity contribution in [2.24, 2.45) is 0 Å². The fourth-order valence-corrected chi connectivity index (χ4v) is 3.05. The van der Waals surface area contributed by atoms with Crippen LogP contribution in [-0.4, -0.2) is 8.42 Å². The van der Waals surface area contributed by atoms with Crippen molar-refractivity contribution in [3.05, 3.63) is 71.1 Å². The molecule has 0 radical (unpaired) electrons. The van der Waals surface area contributed by atoms with Gasteiger partial charge in [0.25, 0.3) is 10.0 Å². The molecular weight excluding hydrogens is 290 g/mol. The van der Waals surface area contributed by atoms with Crippen LogP contribution in [0.25, 0.3) is 11.0 Å². The molecule has 2 aromatic carbocycles. The lowest BCUT2D eigenvalue weighted by atomic mass is 10.2. The second-order valence-electron chi connectivity index (χ2n) is 4.41. The molecule has 0 aliphatic heterocycles. The Bertz CT molecular complexity index is 946. The van der Waals surface area contributed by atoms with E-state index in [-0.39, 0.29) is 0 Å².